The molecule has 0 saturated carbocycles. The van der Waals surface area contributed by atoms with Crippen LogP contribution in [0.3, 0.4) is 0 Å². The first-order valence-electron chi connectivity index (χ1n) is 6.70. The van der Waals surface area contributed by atoms with Crippen LogP contribution in [0.1, 0.15) is 40.5 Å². The minimum Gasteiger partial charge on any atom is -0.340 e. The van der Waals surface area contributed by atoms with Gasteiger partial charge in [-0.2, -0.15) is 11.8 Å². The van der Waals surface area contributed by atoms with Gasteiger partial charge in [-0.15, -0.1) is 0 Å². The summed E-state index contributed by atoms with van der Waals surface area (Å²) in [4.78, 5) is 26.1. The minimum absolute atomic E-state index is 0.0355. The van der Waals surface area contributed by atoms with Crippen LogP contribution in [-0.4, -0.2) is 46.3 Å². The van der Waals surface area contributed by atoms with Crippen molar-refractivity contribution in [3.05, 3.63) is 0 Å². The monoisotopic (exact) mass is 272 g/mol. The third kappa shape index (κ3) is 2.99. The molecule has 0 spiro atoms. The molecule has 1 atom stereocenters. The van der Waals surface area contributed by atoms with Crippen LogP contribution in [-0.2, 0) is 9.59 Å². The molecule has 2 amide bonds. The normalized spacial score (nSPS) is 20.8. The van der Waals surface area contributed by atoms with Crippen molar-refractivity contribution in [1.29, 1.82) is 0 Å². The molecular formula is C13H24N2O2S. The van der Waals surface area contributed by atoms with Gasteiger partial charge in [0.25, 0.3) is 0 Å². The minimum atomic E-state index is -0.680. The zero-order valence-electron chi connectivity index (χ0n) is 11.8. The van der Waals surface area contributed by atoms with Crippen molar-refractivity contribution in [1.82, 2.24) is 10.2 Å². The molecule has 0 radical (unpaired) electrons. The van der Waals surface area contributed by atoms with Gasteiger partial charge in [0, 0.05) is 11.8 Å². The Balaban J connectivity index is 2.85. The molecule has 5 heteroatoms. The lowest BCUT2D eigenvalue weighted by molar-refractivity contribution is -0.152. The van der Waals surface area contributed by atoms with Crippen molar-refractivity contribution in [3.63, 3.8) is 0 Å². The first-order valence-corrected chi connectivity index (χ1v) is 7.86. The number of nitrogens with one attached hydrogen (secondary N) is 1. The highest BCUT2D eigenvalue weighted by Gasteiger charge is 2.45. The number of thioether (sulfide) groups is 1. The van der Waals surface area contributed by atoms with Gasteiger partial charge in [0.15, 0.2) is 0 Å². The van der Waals surface area contributed by atoms with Gasteiger partial charge in [-0.3, -0.25) is 9.59 Å². The molecule has 1 unspecified atom stereocenters. The lowest BCUT2D eigenvalue weighted by atomic mass is 9.88. The lowest BCUT2D eigenvalue weighted by Crippen LogP contribution is -2.67. The second kappa shape index (κ2) is 6.45. The largest absolute Gasteiger partial charge is 0.340 e. The Labute approximate surface area is 114 Å². The second-order valence-corrected chi connectivity index (χ2v) is 6.10. The molecular weight excluding hydrogens is 248 g/mol. The summed E-state index contributed by atoms with van der Waals surface area (Å²) in [7, 11) is 0. The van der Waals surface area contributed by atoms with Crippen molar-refractivity contribution in [2.24, 2.45) is 0 Å². The molecule has 0 aliphatic carbocycles. The van der Waals surface area contributed by atoms with Crippen LogP contribution in [0.2, 0.25) is 0 Å². The Morgan fingerprint density at radius 2 is 1.94 bits per heavy atom. The Morgan fingerprint density at radius 1 is 1.33 bits per heavy atom. The lowest BCUT2D eigenvalue weighted by Gasteiger charge is -2.43. The molecule has 0 bridgehead atoms. The standard InChI is InChI=1S/C13H24N2O2S/c1-5-13(6-2)12(17)15(8-11(16)14-13)10(4)9-18-7-3/h10H,5-9H2,1-4H3,(H,14,16). The summed E-state index contributed by atoms with van der Waals surface area (Å²) < 4.78 is 0. The topological polar surface area (TPSA) is 49.4 Å². The summed E-state index contributed by atoms with van der Waals surface area (Å²) in [5.74, 6) is 1.97. The van der Waals surface area contributed by atoms with Gasteiger partial charge in [-0.1, -0.05) is 20.8 Å². The summed E-state index contributed by atoms with van der Waals surface area (Å²) in [6.07, 6.45) is 1.30. The maximum absolute atomic E-state index is 12.6. The van der Waals surface area contributed by atoms with Crippen LogP contribution in [0, 0.1) is 0 Å². The van der Waals surface area contributed by atoms with Gasteiger partial charge in [0.2, 0.25) is 11.8 Å². The van der Waals surface area contributed by atoms with Crippen LogP contribution in [0.4, 0.5) is 0 Å². The third-order valence-corrected chi connectivity index (χ3v) is 4.79. The van der Waals surface area contributed by atoms with Gasteiger partial charge < -0.3 is 10.2 Å². The second-order valence-electron chi connectivity index (χ2n) is 4.78. The van der Waals surface area contributed by atoms with Crippen LogP contribution >= 0.6 is 11.8 Å². The predicted octanol–water partition coefficient (Wildman–Crippen LogP) is 1.65. The van der Waals surface area contributed by atoms with Crippen molar-refractivity contribution in [2.45, 2.75) is 52.1 Å². The van der Waals surface area contributed by atoms with E-state index < -0.39 is 5.54 Å². The van der Waals surface area contributed by atoms with E-state index in [2.05, 4.69) is 12.2 Å². The Morgan fingerprint density at radius 3 is 2.44 bits per heavy atom. The fourth-order valence-electron chi connectivity index (χ4n) is 2.32. The van der Waals surface area contributed by atoms with Crippen molar-refractivity contribution < 1.29 is 9.59 Å². The van der Waals surface area contributed by atoms with Crippen molar-refractivity contribution in [3.8, 4) is 0 Å². The molecule has 1 aliphatic rings. The Kier molecular flexibility index (Phi) is 5.50. The molecule has 1 saturated heterocycles. The predicted molar refractivity (Wildman–Crippen MR) is 75.6 cm³/mol. The van der Waals surface area contributed by atoms with Gasteiger partial charge >= 0.3 is 0 Å². The average molecular weight is 272 g/mol. The molecule has 1 fully saturated rings. The van der Waals surface area contributed by atoms with E-state index in [4.69, 9.17) is 0 Å². The van der Waals surface area contributed by atoms with Crippen molar-refractivity contribution >= 4 is 23.6 Å². The number of amides is 2. The molecule has 0 aromatic carbocycles. The number of hydrogen-bond acceptors (Lipinski definition) is 3. The summed E-state index contributed by atoms with van der Waals surface area (Å²) in [5, 5.41) is 2.88. The summed E-state index contributed by atoms with van der Waals surface area (Å²) in [6, 6.07) is 0.117. The average Bonchev–Trinajstić information content (AvgIpc) is 2.38. The van der Waals surface area contributed by atoms with E-state index in [1.165, 1.54) is 0 Å². The summed E-state index contributed by atoms with van der Waals surface area (Å²) in [6.45, 7) is 8.24. The van der Waals surface area contributed by atoms with Gasteiger partial charge in [-0.25, -0.2) is 0 Å². The highest BCUT2D eigenvalue weighted by molar-refractivity contribution is 7.99. The zero-order chi connectivity index (χ0) is 13.8. The van der Waals surface area contributed by atoms with Gasteiger partial charge in [0.1, 0.15) is 5.54 Å². The van der Waals surface area contributed by atoms with Crippen LogP contribution < -0.4 is 5.32 Å². The SMILES string of the molecule is CCSCC(C)N1CC(=O)NC(CC)(CC)C1=O. The molecule has 4 nitrogen and oxygen atoms in total. The smallest absolute Gasteiger partial charge is 0.249 e. The highest BCUT2D eigenvalue weighted by atomic mass is 32.2. The molecule has 0 aromatic rings. The quantitative estimate of drug-likeness (QED) is 0.800. The van der Waals surface area contributed by atoms with E-state index in [9.17, 15) is 9.59 Å². The number of carbonyl (C=O) groups excluding carboxylic acids is 2. The maximum Gasteiger partial charge on any atom is 0.249 e. The maximum atomic E-state index is 12.6. The molecule has 0 aromatic heterocycles. The molecule has 1 heterocycles. The number of carbonyl (C=O) groups is 2. The van der Waals surface area contributed by atoms with Crippen molar-refractivity contribution in [2.75, 3.05) is 18.1 Å². The highest BCUT2D eigenvalue weighted by Crippen LogP contribution is 2.24. The molecule has 1 N–H and O–H groups in total. The molecule has 1 rings (SSSR count). The third-order valence-electron chi connectivity index (χ3n) is 3.67. The van der Waals surface area contributed by atoms with Crippen LogP contribution in [0.25, 0.3) is 0 Å². The molecule has 104 valence electrons. The summed E-state index contributed by atoms with van der Waals surface area (Å²) in [5.41, 5.74) is -0.680. The number of piperazine rings is 1. The summed E-state index contributed by atoms with van der Waals surface area (Å²) >= 11 is 1.80. The van der Waals surface area contributed by atoms with Crippen LogP contribution in [0.5, 0.6) is 0 Å². The van der Waals surface area contributed by atoms with Gasteiger partial charge in [-0.05, 0) is 25.5 Å². The first-order chi connectivity index (χ1) is 8.50. The van der Waals surface area contributed by atoms with E-state index in [0.29, 0.717) is 12.8 Å². The van der Waals surface area contributed by atoms with E-state index in [1.54, 1.807) is 16.7 Å². The Bertz CT molecular complexity index is 316. The van der Waals surface area contributed by atoms with E-state index in [0.717, 1.165) is 11.5 Å². The fourth-order valence-corrected chi connectivity index (χ4v) is 3.08. The van der Waals surface area contributed by atoms with E-state index in [-0.39, 0.29) is 24.4 Å². The zero-order valence-corrected chi connectivity index (χ0v) is 12.6. The fraction of sp³-hybridized carbons (Fsp3) is 0.846. The van der Waals surface area contributed by atoms with E-state index in [1.807, 2.05) is 20.8 Å². The Hall–Kier alpha value is -0.710. The number of rotatable bonds is 6. The number of hydrogen-bond donors (Lipinski definition) is 1. The molecule has 18 heavy (non-hydrogen) atoms. The molecule has 1 aliphatic heterocycles. The van der Waals surface area contributed by atoms with Crippen LogP contribution in [0.15, 0.2) is 0 Å². The number of nitrogens with zero attached hydrogens (tertiary/aromatic N) is 1. The van der Waals surface area contributed by atoms with Gasteiger partial charge in [0.05, 0.1) is 6.54 Å². The first kappa shape index (κ1) is 15.3. The van der Waals surface area contributed by atoms with E-state index >= 15 is 0 Å².